The largest absolute Gasteiger partial charge is 0.761 e. The van der Waals surface area contributed by atoms with Crippen LogP contribution in [0.5, 0.6) is 5.75 Å². The third-order valence-electron chi connectivity index (χ3n) is 1.84. The predicted molar refractivity (Wildman–Crippen MR) is 49.5 cm³/mol. The van der Waals surface area contributed by atoms with Gasteiger partial charge in [-0.25, -0.2) is 0 Å². The van der Waals surface area contributed by atoms with E-state index in [-0.39, 0.29) is 0 Å². The molecule has 0 aliphatic rings. The zero-order valence-electron chi connectivity index (χ0n) is 7.47. The molecule has 0 radical (unpaired) electrons. The fraction of sp³-hybridized carbons (Fsp3) is 0.333. The quantitative estimate of drug-likeness (QED) is 0.685. The third-order valence-corrected chi connectivity index (χ3v) is 1.84. The summed E-state index contributed by atoms with van der Waals surface area (Å²) in [4.78, 5) is 0. The van der Waals surface area contributed by atoms with Gasteiger partial charge in [0, 0.05) is 5.69 Å². The first-order chi connectivity index (χ1) is 5.69. The van der Waals surface area contributed by atoms with Gasteiger partial charge in [0.1, 0.15) is 5.75 Å². The van der Waals surface area contributed by atoms with Gasteiger partial charge < -0.3 is 15.4 Å². The van der Waals surface area contributed by atoms with Crippen LogP contribution in [0.1, 0.15) is 11.1 Å². The molecule has 1 aromatic rings. The van der Waals surface area contributed by atoms with Gasteiger partial charge >= 0.3 is 0 Å². The zero-order chi connectivity index (χ0) is 9.14. The fourth-order valence-corrected chi connectivity index (χ4v) is 1.20. The van der Waals surface area contributed by atoms with Crippen LogP contribution < -0.4 is 10.2 Å². The Bertz CT molecular complexity index is 261. The van der Waals surface area contributed by atoms with Crippen molar-refractivity contribution in [2.24, 2.45) is 0 Å². The third kappa shape index (κ3) is 1.51. The molecule has 0 unspecified atom stereocenters. The molecule has 0 amide bonds. The number of anilines is 1. The molecule has 0 saturated carbocycles. The number of hydrogen-bond donors (Lipinski definition) is 1. The minimum Gasteiger partial charge on any atom is -0.761 e. The van der Waals surface area contributed by atoms with E-state index in [1.54, 1.807) is 7.11 Å². The van der Waals surface area contributed by atoms with E-state index in [0.717, 1.165) is 16.9 Å². The summed E-state index contributed by atoms with van der Waals surface area (Å²) >= 11 is 0. The van der Waals surface area contributed by atoms with Gasteiger partial charge in [-0.1, -0.05) is 0 Å². The average molecular weight is 166 g/mol. The highest BCUT2D eigenvalue weighted by Gasteiger charge is 2.01. The summed E-state index contributed by atoms with van der Waals surface area (Å²) in [6, 6.07) is 3.65. The summed E-state index contributed by atoms with van der Waals surface area (Å²) in [5, 5.41) is 10.5. The molecule has 1 rings (SSSR count). The lowest BCUT2D eigenvalue weighted by atomic mass is 10.1. The lowest BCUT2D eigenvalue weighted by Crippen LogP contribution is -1.94. The molecule has 66 valence electrons. The van der Waals surface area contributed by atoms with E-state index in [9.17, 15) is 5.21 Å². The van der Waals surface area contributed by atoms with Gasteiger partial charge in [-0.05, 0) is 37.1 Å². The van der Waals surface area contributed by atoms with Crippen molar-refractivity contribution in [2.45, 2.75) is 13.8 Å². The number of hydrogen-bond acceptors (Lipinski definition) is 3. The van der Waals surface area contributed by atoms with Gasteiger partial charge in [0.05, 0.1) is 7.11 Å². The Hall–Kier alpha value is -1.22. The highest BCUT2D eigenvalue weighted by atomic mass is 16.5. The van der Waals surface area contributed by atoms with Crippen LogP contribution in [0.15, 0.2) is 12.1 Å². The topological polar surface area (TPSA) is 44.3 Å². The molecule has 0 saturated heterocycles. The second-order valence-corrected chi connectivity index (χ2v) is 2.74. The maximum absolute atomic E-state index is 10.5. The molecule has 0 heterocycles. The summed E-state index contributed by atoms with van der Waals surface area (Å²) in [7, 11) is 1.61. The van der Waals surface area contributed by atoms with Crippen LogP contribution in [-0.4, -0.2) is 7.11 Å². The Morgan fingerprint density at radius 2 is 1.75 bits per heavy atom. The average Bonchev–Trinajstić information content (AvgIpc) is 2.03. The van der Waals surface area contributed by atoms with E-state index >= 15 is 0 Å². The maximum atomic E-state index is 10.5. The molecular formula is C9H12NO2-. The molecule has 3 heteroatoms. The maximum Gasteiger partial charge on any atom is 0.119 e. The molecule has 0 aromatic heterocycles. The molecule has 1 N–H and O–H groups in total. The highest BCUT2D eigenvalue weighted by molar-refractivity contribution is 5.59. The fourth-order valence-electron chi connectivity index (χ4n) is 1.20. The normalized spacial score (nSPS) is 9.67. The predicted octanol–water partition coefficient (Wildman–Crippen LogP) is 2.22. The molecule has 0 fully saturated rings. The van der Waals surface area contributed by atoms with Crippen LogP contribution in [-0.2, 0) is 0 Å². The molecule has 0 aliphatic carbocycles. The first-order valence-electron chi connectivity index (χ1n) is 3.72. The number of aryl methyl sites for hydroxylation is 2. The van der Waals surface area contributed by atoms with E-state index in [1.165, 1.54) is 0 Å². The smallest absolute Gasteiger partial charge is 0.119 e. The van der Waals surface area contributed by atoms with Crippen molar-refractivity contribution in [1.82, 2.24) is 0 Å². The van der Waals surface area contributed by atoms with Crippen molar-refractivity contribution < 1.29 is 4.74 Å². The molecule has 0 bridgehead atoms. The van der Waals surface area contributed by atoms with Crippen molar-refractivity contribution in [3.63, 3.8) is 0 Å². The first kappa shape index (κ1) is 8.87. The van der Waals surface area contributed by atoms with Crippen LogP contribution in [0.4, 0.5) is 5.69 Å². The Morgan fingerprint density at radius 3 is 2.08 bits per heavy atom. The van der Waals surface area contributed by atoms with Crippen LogP contribution >= 0.6 is 0 Å². The van der Waals surface area contributed by atoms with Crippen molar-refractivity contribution in [3.8, 4) is 5.75 Å². The summed E-state index contributed by atoms with van der Waals surface area (Å²) < 4.78 is 5.05. The number of nitrogens with one attached hydrogen (secondary N) is 1. The van der Waals surface area contributed by atoms with E-state index in [0.29, 0.717) is 5.69 Å². The first-order valence-corrected chi connectivity index (χ1v) is 3.72. The summed E-state index contributed by atoms with van der Waals surface area (Å²) in [6.45, 7) is 3.74. The Morgan fingerprint density at radius 1 is 1.25 bits per heavy atom. The van der Waals surface area contributed by atoms with E-state index in [2.05, 4.69) is 0 Å². The minimum absolute atomic E-state index is 0.635. The van der Waals surface area contributed by atoms with Gasteiger partial charge in [-0.2, -0.15) is 0 Å². The second kappa shape index (κ2) is 3.45. The molecule has 0 atom stereocenters. The molecule has 3 nitrogen and oxygen atoms in total. The number of benzene rings is 1. The van der Waals surface area contributed by atoms with Gasteiger partial charge in [-0.15, -0.1) is 0 Å². The van der Waals surface area contributed by atoms with E-state index in [1.807, 2.05) is 31.5 Å². The Balaban J connectivity index is 3.18. The number of ether oxygens (including phenoxy) is 1. The van der Waals surface area contributed by atoms with Gasteiger partial charge in [0.2, 0.25) is 0 Å². The second-order valence-electron chi connectivity index (χ2n) is 2.74. The Kier molecular flexibility index (Phi) is 2.55. The minimum atomic E-state index is 0.635. The summed E-state index contributed by atoms with van der Waals surface area (Å²) in [5.41, 5.74) is 4.35. The van der Waals surface area contributed by atoms with E-state index < -0.39 is 0 Å². The zero-order valence-corrected chi connectivity index (χ0v) is 7.47. The SMILES string of the molecule is COc1cc(C)c(N[O-])c(C)c1. The molecule has 0 spiro atoms. The molecule has 0 aliphatic heterocycles. The van der Waals surface area contributed by atoms with Crippen molar-refractivity contribution in [2.75, 3.05) is 12.6 Å². The molecule has 1 aromatic carbocycles. The van der Waals surface area contributed by atoms with E-state index in [4.69, 9.17) is 4.74 Å². The van der Waals surface area contributed by atoms with Crippen LogP contribution in [0, 0.1) is 19.1 Å². The highest BCUT2D eigenvalue weighted by Crippen LogP contribution is 2.25. The standard InChI is InChI=1S/C9H12NO2/c1-6-4-8(12-3)5-7(2)9(6)10-11/h4-5,10H,1-3H3/q-1. The van der Waals surface area contributed by atoms with Gasteiger partial charge in [0.15, 0.2) is 0 Å². The molecular weight excluding hydrogens is 154 g/mol. The number of methoxy groups -OCH3 is 1. The summed E-state index contributed by atoms with van der Waals surface area (Å²) in [5.74, 6) is 0.781. The van der Waals surface area contributed by atoms with Gasteiger partial charge in [0.25, 0.3) is 0 Å². The monoisotopic (exact) mass is 166 g/mol. The van der Waals surface area contributed by atoms with Crippen LogP contribution in [0.2, 0.25) is 0 Å². The summed E-state index contributed by atoms with van der Waals surface area (Å²) in [6.07, 6.45) is 0. The van der Waals surface area contributed by atoms with Crippen LogP contribution in [0.3, 0.4) is 0 Å². The number of rotatable bonds is 2. The lowest BCUT2D eigenvalue weighted by Gasteiger charge is -2.16. The van der Waals surface area contributed by atoms with Crippen molar-refractivity contribution >= 4 is 5.69 Å². The Labute approximate surface area is 71.9 Å². The molecule has 12 heavy (non-hydrogen) atoms. The van der Waals surface area contributed by atoms with Crippen molar-refractivity contribution in [3.05, 3.63) is 28.5 Å². The lowest BCUT2D eigenvalue weighted by molar-refractivity contribution is 0.414. The van der Waals surface area contributed by atoms with Crippen molar-refractivity contribution in [1.29, 1.82) is 0 Å². The van der Waals surface area contributed by atoms with Gasteiger partial charge in [-0.3, -0.25) is 0 Å². The van der Waals surface area contributed by atoms with Crippen LogP contribution in [0.25, 0.3) is 0 Å².